The number of H-pyrrole nitrogens is 1. The first-order valence-corrected chi connectivity index (χ1v) is 5.40. The van der Waals surface area contributed by atoms with Crippen LogP contribution in [0.5, 0.6) is 0 Å². The summed E-state index contributed by atoms with van der Waals surface area (Å²) >= 11 is 0. The van der Waals surface area contributed by atoms with Gasteiger partial charge in [-0.1, -0.05) is 0 Å². The highest BCUT2D eigenvalue weighted by Gasteiger charge is 2.12. The van der Waals surface area contributed by atoms with Crippen LogP contribution in [0.25, 0.3) is 17.2 Å². The summed E-state index contributed by atoms with van der Waals surface area (Å²) in [7, 11) is 1.84. The van der Waals surface area contributed by atoms with Gasteiger partial charge in [-0.2, -0.15) is 5.10 Å². The van der Waals surface area contributed by atoms with Gasteiger partial charge >= 0.3 is 5.97 Å². The molecule has 2 N–H and O–H groups in total. The summed E-state index contributed by atoms with van der Waals surface area (Å²) in [5, 5.41) is 12.9. The third-order valence-corrected chi connectivity index (χ3v) is 2.81. The summed E-state index contributed by atoms with van der Waals surface area (Å²) in [6, 6.07) is 1.88. The quantitative estimate of drug-likeness (QED) is 0.710. The Morgan fingerprint density at radius 3 is 3.06 bits per heavy atom. The number of fused-ring (bicyclic) bond motifs is 1. The van der Waals surface area contributed by atoms with Crippen LogP contribution in [0.1, 0.15) is 5.69 Å². The number of rotatable bonds is 3. The van der Waals surface area contributed by atoms with Crippen molar-refractivity contribution in [3.8, 4) is 11.4 Å². The predicted octanol–water partition coefficient (Wildman–Crippen LogP) is 0.690. The second-order valence-electron chi connectivity index (χ2n) is 4.02. The summed E-state index contributed by atoms with van der Waals surface area (Å²) in [5.41, 5.74) is 2.41. The Morgan fingerprint density at radius 1 is 1.56 bits per heavy atom. The van der Waals surface area contributed by atoms with Gasteiger partial charge < -0.3 is 10.1 Å². The number of aliphatic carboxylic acids is 1. The summed E-state index contributed by atoms with van der Waals surface area (Å²) in [4.78, 5) is 18.0. The van der Waals surface area contributed by atoms with Gasteiger partial charge in [0.2, 0.25) is 5.78 Å². The van der Waals surface area contributed by atoms with Crippen LogP contribution >= 0.6 is 0 Å². The molecule has 0 aliphatic heterocycles. The van der Waals surface area contributed by atoms with Crippen molar-refractivity contribution in [3.05, 3.63) is 30.4 Å². The highest BCUT2D eigenvalue weighted by Crippen LogP contribution is 2.18. The maximum atomic E-state index is 10.7. The van der Waals surface area contributed by atoms with Crippen LogP contribution in [-0.2, 0) is 18.3 Å². The van der Waals surface area contributed by atoms with E-state index in [1.54, 1.807) is 21.5 Å². The third kappa shape index (κ3) is 1.56. The fourth-order valence-corrected chi connectivity index (χ4v) is 1.97. The molecule has 0 aliphatic rings. The fourth-order valence-electron chi connectivity index (χ4n) is 1.97. The number of carbonyl (C=O) groups is 1. The molecule has 0 spiro atoms. The maximum Gasteiger partial charge on any atom is 0.309 e. The molecule has 7 nitrogen and oxygen atoms in total. The SMILES string of the molecule is Cn1nccc1-c1cn2c(CC(=O)O)cnc2[nH]1. The van der Waals surface area contributed by atoms with Gasteiger partial charge in [-0.05, 0) is 6.07 Å². The first-order valence-electron chi connectivity index (χ1n) is 5.40. The number of carboxylic acids is 1. The summed E-state index contributed by atoms with van der Waals surface area (Å²) in [5.74, 6) is -0.248. The lowest BCUT2D eigenvalue weighted by atomic mass is 10.3. The van der Waals surface area contributed by atoms with Gasteiger partial charge in [0.05, 0.1) is 29.7 Å². The highest BCUT2D eigenvalue weighted by atomic mass is 16.4. The van der Waals surface area contributed by atoms with Crippen LogP contribution in [0.15, 0.2) is 24.7 Å². The topological polar surface area (TPSA) is 88.2 Å². The van der Waals surface area contributed by atoms with Gasteiger partial charge in [-0.3, -0.25) is 13.9 Å². The van der Waals surface area contributed by atoms with Crippen LogP contribution in [0.3, 0.4) is 0 Å². The van der Waals surface area contributed by atoms with Crippen molar-refractivity contribution in [3.63, 3.8) is 0 Å². The van der Waals surface area contributed by atoms with Crippen LogP contribution in [0.4, 0.5) is 0 Å². The van der Waals surface area contributed by atoms with Crippen molar-refractivity contribution in [1.82, 2.24) is 24.1 Å². The van der Waals surface area contributed by atoms with Crippen molar-refractivity contribution in [1.29, 1.82) is 0 Å². The number of aromatic nitrogens is 5. The normalized spacial score (nSPS) is 11.2. The van der Waals surface area contributed by atoms with Crippen LogP contribution in [-0.4, -0.2) is 35.2 Å². The van der Waals surface area contributed by atoms with Gasteiger partial charge in [0.15, 0.2) is 0 Å². The van der Waals surface area contributed by atoms with E-state index in [-0.39, 0.29) is 6.42 Å². The van der Waals surface area contributed by atoms with Gasteiger partial charge in [0.1, 0.15) is 0 Å². The van der Waals surface area contributed by atoms with E-state index in [9.17, 15) is 4.79 Å². The molecule has 3 heterocycles. The Labute approximate surface area is 102 Å². The minimum absolute atomic E-state index is 0.0517. The molecule has 92 valence electrons. The molecule has 3 aromatic rings. The second kappa shape index (κ2) is 3.73. The van der Waals surface area contributed by atoms with E-state index in [0.717, 1.165) is 11.4 Å². The summed E-state index contributed by atoms with van der Waals surface area (Å²) in [6.45, 7) is 0. The van der Waals surface area contributed by atoms with Gasteiger partial charge in [0.25, 0.3) is 0 Å². The van der Waals surface area contributed by atoms with E-state index in [1.807, 2.05) is 19.3 Å². The van der Waals surface area contributed by atoms with Gasteiger partial charge in [-0.15, -0.1) is 0 Å². The molecular formula is C11H11N5O2. The molecule has 0 unspecified atom stereocenters. The Morgan fingerprint density at radius 2 is 2.39 bits per heavy atom. The third-order valence-electron chi connectivity index (χ3n) is 2.81. The molecule has 0 saturated heterocycles. The Kier molecular flexibility index (Phi) is 2.19. The zero-order chi connectivity index (χ0) is 12.7. The molecule has 0 amide bonds. The zero-order valence-electron chi connectivity index (χ0n) is 9.66. The van der Waals surface area contributed by atoms with E-state index >= 15 is 0 Å². The first kappa shape index (κ1) is 10.6. The van der Waals surface area contributed by atoms with Crippen LogP contribution in [0, 0.1) is 0 Å². The van der Waals surface area contributed by atoms with Crippen LogP contribution in [0.2, 0.25) is 0 Å². The molecule has 7 heteroatoms. The second-order valence-corrected chi connectivity index (χ2v) is 4.02. The van der Waals surface area contributed by atoms with Crippen molar-refractivity contribution < 1.29 is 9.90 Å². The lowest BCUT2D eigenvalue weighted by Crippen LogP contribution is -2.02. The monoisotopic (exact) mass is 245 g/mol. The van der Waals surface area contributed by atoms with Crippen molar-refractivity contribution in [2.45, 2.75) is 6.42 Å². The molecule has 0 fully saturated rings. The fraction of sp³-hybridized carbons (Fsp3) is 0.182. The number of nitrogens with one attached hydrogen (secondary N) is 1. The standard InChI is InChI=1S/C11H11N5O2/c1-15-9(2-3-13-15)8-6-16-7(4-10(17)18)5-12-11(16)14-8/h2-3,5-6H,4H2,1H3,(H,12,14)(H,17,18). The van der Waals surface area contributed by atoms with E-state index in [0.29, 0.717) is 11.5 Å². The largest absolute Gasteiger partial charge is 0.481 e. The van der Waals surface area contributed by atoms with E-state index in [1.165, 1.54) is 0 Å². The summed E-state index contributed by atoms with van der Waals surface area (Å²) in [6.07, 6.45) is 5.05. The molecule has 0 saturated carbocycles. The number of hydrogen-bond donors (Lipinski definition) is 2. The lowest BCUT2D eigenvalue weighted by Gasteiger charge is -1.96. The number of hydrogen-bond acceptors (Lipinski definition) is 3. The Hall–Kier alpha value is -2.57. The lowest BCUT2D eigenvalue weighted by molar-refractivity contribution is -0.136. The Balaban J connectivity index is 2.09. The van der Waals surface area contributed by atoms with Gasteiger partial charge in [-0.25, -0.2) is 4.98 Å². The van der Waals surface area contributed by atoms with Crippen molar-refractivity contribution in [2.24, 2.45) is 7.05 Å². The van der Waals surface area contributed by atoms with E-state index in [4.69, 9.17) is 5.11 Å². The molecule has 0 aromatic carbocycles. The number of imidazole rings is 2. The van der Waals surface area contributed by atoms with Crippen molar-refractivity contribution >= 4 is 11.7 Å². The smallest absolute Gasteiger partial charge is 0.309 e. The molecule has 3 rings (SSSR count). The Bertz CT molecular complexity index is 721. The predicted molar refractivity (Wildman–Crippen MR) is 63.1 cm³/mol. The molecular weight excluding hydrogens is 234 g/mol. The molecule has 3 aromatic heterocycles. The molecule has 0 bridgehead atoms. The highest BCUT2D eigenvalue weighted by molar-refractivity contribution is 5.70. The molecule has 0 aliphatic carbocycles. The molecule has 0 atom stereocenters. The van der Waals surface area contributed by atoms with E-state index < -0.39 is 5.97 Å². The van der Waals surface area contributed by atoms with E-state index in [2.05, 4.69) is 15.1 Å². The number of nitrogens with zero attached hydrogens (tertiary/aromatic N) is 4. The zero-order valence-corrected chi connectivity index (χ0v) is 9.66. The summed E-state index contributed by atoms with van der Waals surface area (Å²) < 4.78 is 3.48. The molecule has 0 radical (unpaired) electrons. The maximum absolute atomic E-state index is 10.7. The molecule has 18 heavy (non-hydrogen) atoms. The minimum Gasteiger partial charge on any atom is -0.481 e. The van der Waals surface area contributed by atoms with Crippen molar-refractivity contribution in [2.75, 3.05) is 0 Å². The minimum atomic E-state index is -0.875. The van der Waals surface area contributed by atoms with Crippen LogP contribution < -0.4 is 0 Å². The average Bonchev–Trinajstić information content (AvgIpc) is 2.94. The number of carboxylic acid groups (broad SMARTS) is 1. The number of aryl methyl sites for hydroxylation is 1. The first-order chi connectivity index (χ1) is 8.65. The number of aromatic amines is 1. The van der Waals surface area contributed by atoms with Gasteiger partial charge in [0, 0.05) is 19.4 Å². The average molecular weight is 245 g/mol.